The van der Waals surface area contributed by atoms with Gasteiger partial charge in [-0.1, -0.05) is 42.5 Å². The van der Waals surface area contributed by atoms with E-state index in [1.54, 1.807) is 6.20 Å². The normalized spacial score (nSPS) is 10.7. The zero-order valence-electron chi connectivity index (χ0n) is 15.1. The number of alkyl halides is 3. The van der Waals surface area contributed by atoms with E-state index in [4.69, 9.17) is 14.6 Å². The lowest BCUT2D eigenvalue weighted by Gasteiger charge is -2.08. The van der Waals surface area contributed by atoms with E-state index in [0.29, 0.717) is 6.61 Å². The summed E-state index contributed by atoms with van der Waals surface area (Å²) in [5.74, 6) is -1.87. The summed E-state index contributed by atoms with van der Waals surface area (Å²) in [7, 11) is 0. The van der Waals surface area contributed by atoms with E-state index >= 15 is 0 Å². The molecular weight excluding hydrogens is 407 g/mol. The predicted molar refractivity (Wildman–Crippen MR) is 101 cm³/mol. The first-order chi connectivity index (χ1) is 13.8. The van der Waals surface area contributed by atoms with Gasteiger partial charge in [0.1, 0.15) is 12.4 Å². The molecule has 0 spiro atoms. The molecule has 0 fully saturated rings. The predicted octanol–water partition coefficient (Wildman–Crippen LogP) is 4.04. The van der Waals surface area contributed by atoms with Crippen LogP contribution in [-0.4, -0.2) is 26.0 Å². The van der Waals surface area contributed by atoms with E-state index in [0.717, 1.165) is 24.5 Å². The molecule has 2 N–H and O–H groups in total. The first-order valence-electron chi connectivity index (χ1n) is 8.37. The van der Waals surface area contributed by atoms with Crippen LogP contribution in [0.4, 0.5) is 13.2 Å². The van der Waals surface area contributed by atoms with Crippen LogP contribution in [0.25, 0.3) is 0 Å². The molecule has 2 aromatic carbocycles. The minimum atomic E-state index is -5.08. The number of carboxylic acids is 1. The summed E-state index contributed by atoms with van der Waals surface area (Å²) in [5, 5.41) is 10.5. The van der Waals surface area contributed by atoms with Crippen LogP contribution in [0.3, 0.4) is 0 Å². The smallest absolute Gasteiger partial charge is 0.489 e. The van der Waals surface area contributed by atoms with Crippen molar-refractivity contribution in [3.05, 3.63) is 77.6 Å². The Kier molecular flexibility index (Phi) is 8.56. The molecule has 10 heteroatoms. The second kappa shape index (κ2) is 11.1. The number of ether oxygens (including phenoxy) is 1. The van der Waals surface area contributed by atoms with Crippen molar-refractivity contribution >= 4 is 17.7 Å². The van der Waals surface area contributed by atoms with E-state index in [9.17, 15) is 13.2 Å². The van der Waals surface area contributed by atoms with Crippen LogP contribution >= 0.6 is 11.7 Å². The maximum atomic E-state index is 10.6. The minimum Gasteiger partial charge on any atom is -0.489 e. The molecule has 0 bridgehead atoms. The van der Waals surface area contributed by atoms with Crippen LogP contribution < -0.4 is 10.1 Å². The van der Waals surface area contributed by atoms with Crippen molar-refractivity contribution in [2.75, 3.05) is 0 Å². The zero-order valence-corrected chi connectivity index (χ0v) is 15.9. The number of carbonyl (C=O) groups is 1. The summed E-state index contributed by atoms with van der Waals surface area (Å²) in [6.45, 7) is 2.09. The van der Waals surface area contributed by atoms with Gasteiger partial charge in [0.25, 0.3) is 0 Å². The van der Waals surface area contributed by atoms with Gasteiger partial charge < -0.3 is 15.2 Å². The molecule has 0 aliphatic rings. The minimum absolute atomic E-state index is 0.586. The van der Waals surface area contributed by atoms with Crippen LogP contribution in [0.2, 0.25) is 0 Å². The molecule has 0 saturated heterocycles. The van der Waals surface area contributed by atoms with Crippen LogP contribution in [0.5, 0.6) is 5.75 Å². The third-order valence-electron chi connectivity index (χ3n) is 3.43. The highest BCUT2D eigenvalue weighted by molar-refractivity contribution is 6.99. The summed E-state index contributed by atoms with van der Waals surface area (Å²) in [6, 6.07) is 18.3. The van der Waals surface area contributed by atoms with E-state index in [1.807, 2.05) is 30.3 Å². The number of hydrogen-bond donors (Lipinski definition) is 2. The number of aliphatic carboxylic acids is 1. The fourth-order valence-corrected chi connectivity index (χ4v) is 2.52. The van der Waals surface area contributed by atoms with Gasteiger partial charge in [0.15, 0.2) is 0 Å². The first-order valence-corrected chi connectivity index (χ1v) is 9.10. The zero-order chi connectivity index (χ0) is 21.1. The van der Waals surface area contributed by atoms with Crippen molar-refractivity contribution in [3.8, 4) is 5.75 Å². The summed E-state index contributed by atoms with van der Waals surface area (Å²) < 4.78 is 45.7. The lowest BCUT2D eigenvalue weighted by molar-refractivity contribution is -0.192. The number of halogens is 3. The molecule has 0 aliphatic heterocycles. The molecular formula is C19H18F3N3O3S. The maximum Gasteiger partial charge on any atom is 0.490 e. The fraction of sp³-hybridized carbons (Fsp3) is 0.211. The second-order valence-corrected chi connectivity index (χ2v) is 6.28. The summed E-state index contributed by atoms with van der Waals surface area (Å²) in [5.41, 5.74) is 3.33. The summed E-state index contributed by atoms with van der Waals surface area (Å²) in [4.78, 5) is 8.90. The highest BCUT2D eigenvalue weighted by Crippen LogP contribution is 2.15. The van der Waals surface area contributed by atoms with Gasteiger partial charge in [-0.25, -0.2) is 4.79 Å². The largest absolute Gasteiger partial charge is 0.490 e. The Morgan fingerprint density at radius 1 is 1.07 bits per heavy atom. The fourth-order valence-electron chi connectivity index (χ4n) is 2.08. The van der Waals surface area contributed by atoms with E-state index < -0.39 is 12.1 Å². The highest BCUT2D eigenvalue weighted by atomic mass is 32.1. The lowest BCUT2D eigenvalue weighted by atomic mass is 10.2. The van der Waals surface area contributed by atoms with Crippen molar-refractivity contribution in [1.29, 1.82) is 0 Å². The molecule has 0 unspecified atom stereocenters. The Labute approximate surface area is 169 Å². The Morgan fingerprint density at radius 3 is 2.38 bits per heavy atom. The standard InChI is InChI=1S/C17H17N3OS.C2HF3O2/c1-2-5-14(6-3-1)13-21-17-8-4-7-15(9-17)10-18-11-16-12-19-22-20-16;3-2(4,5)1(6)7/h1-9,12,18H,10-11,13H2;(H,6,7). The SMILES string of the molecule is O=C(O)C(F)(F)F.c1ccc(COc2cccc(CNCc3cnsn3)c2)cc1. The summed E-state index contributed by atoms with van der Waals surface area (Å²) in [6.07, 6.45) is -3.29. The molecule has 0 saturated carbocycles. The number of carboxylic acid groups (broad SMARTS) is 1. The average Bonchev–Trinajstić information content (AvgIpc) is 3.21. The monoisotopic (exact) mass is 425 g/mol. The molecule has 6 nitrogen and oxygen atoms in total. The quantitative estimate of drug-likeness (QED) is 0.594. The summed E-state index contributed by atoms with van der Waals surface area (Å²) >= 11 is 1.23. The molecule has 154 valence electrons. The molecule has 0 radical (unpaired) electrons. The Bertz CT molecular complexity index is 875. The van der Waals surface area contributed by atoms with Gasteiger partial charge in [0.05, 0.1) is 23.6 Å². The van der Waals surface area contributed by atoms with Crippen molar-refractivity contribution in [2.24, 2.45) is 0 Å². The molecule has 1 heterocycles. The van der Waals surface area contributed by atoms with E-state index in [2.05, 4.69) is 38.3 Å². The van der Waals surface area contributed by atoms with Crippen molar-refractivity contribution in [2.45, 2.75) is 25.9 Å². The molecule has 0 aliphatic carbocycles. The highest BCUT2D eigenvalue weighted by Gasteiger charge is 2.38. The maximum absolute atomic E-state index is 10.6. The van der Waals surface area contributed by atoms with Gasteiger partial charge in [-0.05, 0) is 23.3 Å². The van der Waals surface area contributed by atoms with Crippen LogP contribution in [-0.2, 0) is 24.5 Å². The van der Waals surface area contributed by atoms with Gasteiger partial charge in [-0.3, -0.25) is 0 Å². The number of rotatable bonds is 7. The molecule has 1 aromatic heterocycles. The number of nitrogens with zero attached hydrogens (tertiary/aromatic N) is 2. The van der Waals surface area contributed by atoms with Crippen LogP contribution in [0.15, 0.2) is 60.8 Å². The average molecular weight is 425 g/mol. The number of benzene rings is 2. The first kappa shape index (κ1) is 22.3. The third-order valence-corrected chi connectivity index (χ3v) is 3.95. The number of nitrogens with one attached hydrogen (secondary N) is 1. The Balaban J connectivity index is 0.000000370. The molecule has 0 atom stereocenters. The topological polar surface area (TPSA) is 84.3 Å². The molecule has 3 aromatic rings. The number of aromatic nitrogens is 2. The Hall–Kier alpha value is -2.98. The van der Waals surface area contributed by atoms with Gasteiger partial charge in [0, 0.05) is 13.1 Å². The van der Waals surface area contributed by atoms with Gasteiger partial charge >= 0.3 is 12.1 Å². The molecule has 3 rings (SSSR count). The Morgan fingerprint density at radius 2 is 1.76 bits per heavy atom. The van der Waals surface area contributed by atoms with Crippen molar-refractivity contribution in [1.82, 2.24) is 14.1 Å². The van der Waals surface area contributed by atoms with Crippen LogP contribution in [0, 0.1) is 0 Å². The van der Waals surface area contributed by atoms with Crippen molar-refractivity contribution < 1.29 is 27.8 Å². The molecule has 29 heavy (non-hydrogen) atoms. The van der Waals surface area contributed by atoms with Gasteiger partial charge in [-0.15, -0.1) is 0 Å². The lowest BCUT2D eigenvalue weighted by Crippen LogP contribution is -2.21. The second-order valence-electron chi connectivity index (χ2n) is 5.73. The van der Waals surface area contributed by atoms with Gasteiger partial charge in [0.2, 0.25) is 0 Å². The molecule has 0 amide bonds. The van der Waals surface area contributed by atoms with Crippen molar-refractivity contribution in [3.63, 3.8) is 0 Å². The van der Waals surface area contributed by atoms with Crippen LogP contribution in [0.1, 0.15) is 16.8 Å². The van der Waals surface area contributed by atoms with E-state index in [1.165, 1.54) is 22.9 Å². The number of hydrogen-bond acceptors (Lipinski definition) is 6. The van der Waals surface area contributed by atoms with Gasteiger partial charge in [-0.2, -0.15) is 21.9 Å². The van der Waals surface area contributed by atoms with E-state index in [-0.39, 0.29) is 0 Å². The third kappa shape index (κ3) is 8.71.